The minimum absolute atomic E-state index is 0.159. The van der Waals surface area contributed by atoms with Gasteiger partial charge in [0.2, 0.25) is 0 Å². The highest BCUT2D eigenvalue weighted by Gasteiger charge is 2.35. The Labute approximate surface area is 270 Å². The summed E-state index contributed by atoms with van der Waals surface area (Å²) in [5.74, 6) is 1.63. The number of Topliss-reactive ketones (excluding diaryl/α,β-unsaturated/α-hetero) is 1. The highest BCUT2D eigenvalue weighted by molar-refractivity contribution is 6.04. The minimum Gasteiger partial charge on any atom is -0.487 e. The van der Waals surface area contributed by atoms with E-state index in [2.05, 4.69) is 79.7 Å². The third-order valence-electron chi connectivity index (χ3n) is 10.3. The van der Waals surface area contributed by atoms with Crippen LogP contribution in [0.25, 0.3) is 10.8 Å². The normalized spacial score (nSPS) is 13.8. The average Bonchev–Trinajstić information content (AvgIpc) is 3.04. The van der Waals surface area contributed by atoms with E-state index in [0.717, 1.165) is 52.5 Å². The fourth-order valence-electron chi connectivity index (χ4n) is 5.80. The van der Waals surface area contributed by atoms with E-state index in [1.807, 2.05) is 56.3 Å². The lowest BCUT2D eigenvalue weighted by molar-refractivity contribution is 0.0723. The van der Waals surface area contributed by atoms with Gasteiger partial charge in [0.1, 0.15) is 17.1 Å². The van der Waals surface area contributed by atoms with E-state index < -0.39 is 11.4 Å². The topological polar surface area (TPSA) is 52.6 Å². The van der Waals surface area contributed by atoms with Crippen LogP contribution < -0.4 is 9.47 Å². The Morgan fingerprint density at radius 3 is 1.67 bits per heavy atom. The monoisotopic (exact) mass is 606 g/mol. The average molecular weight is 607 g/mol. The fraction of sp³-hybridized carbons (Fsp3) is 0.415. The van der Waals surface area contributed by atoms with Gasteiger partial charge in [-0.25, -0.2) is 4.79 Å². The predicted octanol–water partition coefficient (Wildman–Crippen LogP) is 11.0. The van der Waals surface area contributed by atoms with Gasteiger partial charge in [0.05, 0.1) is 5.56 Å². The van der Waals surface area contributed by atoms with Crippen molar-refractivity contribution in [2.75, 3.05) is 0 Å². The third-order valence-corrected chi connectivity index (χ3v) is 10.3. The van der Waals surface area contributed by atoms with E-state index in [1.54, 1.807) is 6.07 Å². The van der Waals surface area contributed by atoms with Crippen molar-refractivity contribution in [3.05, 3.63) is 106 Å². The Hall–Kier alpha value is -3.92. The SMILES string of the molecule is CCC(C)(CC)Oc1ccc(C(C)c2ccc(OC(=O)c3ccc4cc(C(=O)C(C)(CC)C(C)C)ccc4c3)c(C)c2)cc1C. The number of rotatable bonds is 12. The molecule has 0 spiro atoms. The van der Waals surface area contributed by atoms with Crippen LogP contribution in [0, 0.1) is 25.2 Å². The van der Waals surface area contributed by atoms with Crippen molar-refractivity contribution in [3.8, 4) is 11.5 Å². The van der Waals surface area contributed by atoms with E-state index in [9.17, 15) is 9.59 Å². The van der Waals surface area contributed by atoms with Gasteiger partial charge >= 0.3 is 5.97 Å². The van der Waals surface area contributed by atoms with Gasteiger partial charge in [0, 0.05) is 16.9 Å². The van der Waals surface area contributed by atoms with Crippen molar-refractivity contribution in [2.45, 2.75) is 100 Å². The molecule has 0 heterocycles. The standard InChI is InChI=1S/C41H50O4/c1-11-40(9,12-2)45-37-21-19-31(23-28(37)7)29(8)30-18-20-36(27(6)22-30)44-39(43)35-17-15-32-24-34(16-14-33(32)25-35)38(42)41(10,13-3)26(4)5/h14-26,29H,11-13H2,1-10H3. The van der Waals surface area contributed by atoms with Crippen LogP contribution in [0.4, 0.5) is 0 Å². The number of benzene rings is 4. The molecule has 2 atom stereocenters. The first-order valence-electron chi connectivity index (χ1n) is 16.5. The molecule has 0 aromatic heterocycles. The van der Waals surface area contributed by atoms with Gasteiger partial charge < -0.3 is 9.47 Å². The number of fused-ring (bicyclic) bond motifs is 1. The Kier molecular flexibility index (Phi) is 10.3. The highest BCUT2D eigenvalue weighted by atomic mass is 16.5. The van der Waals surface area contributed by atoms with Crippen LogP contribution in [0.3, 0.4) is 0 Å². The van der Waals surface area contributed by atoms with E-state index in [-0.39, 0.29) is 23.2 Å². The molecule has 4 heteroatoms. The number of ketones is 1. The molecule has 0 bridgehead atoms. The van der Waals surface area contributed by atoms with Gasteiger partial charge in [-0.15, -0.1) is 0 Å². The number of hydrogen-bond acceptors (Lipinski definition) is 4. The second kappa shape index (κ2) is 13.6. The molecule has 2 unspecified atom stereocenters. The first-order chi connectivity index (χ1) is 21.2. The number of carbonyl (C=O) groups excluding carboxylic acids is 2. The quantitative estimate of drug-likeness (QED) is 0.0914. The fourth-order valence-corrected chi connectivity index (χ4v) is 5.80. The molecule has 4 nitrogen and oxygen atoms in total. The molecule has 0 amide bonds. The summed E-state index contributed by atoms with van der Waals surface area (Å²) in [6.45, 7) is 21.1. The van der Waals surface area contributed by atoms with Crippen molar-refractivity contribution < 1.29 is 19.1 Å². The van der Waals surface area contributed by atoms with Crippen LogP contribution in [-0.2, 0) is 0 Å². The van der Waals surface area contributed by atoms with Crippen molar-refractivity contribution in [3.63, 3.8) is 0 Å². The van der Waals surface area contributed by atoms with Gasteiger partial charge in [-0.1, -0.05) is 90.9 Å². The van der Waals surface area contributed by atoms with Gasteiger partial charge in [-0.3, -0.25) is 4.79 Å². The molecule has 0 saturated carbocycles. The van der Waals surface area contributed by atoms with Crippen molar-refractivity contribution >= 4 is 22.5 Å². The number of esters is 1. The lowest BCUT2D eigenvalue weighted by Gasteiger charge is -2.31. The zero-order valence-corrected chi connectivity index (χ0v) is 28.8. The number of hydrogen-bond donors (Lipinski definition) is 0. The molecule has 0 radical (unpaired) electrons. The second-order valence-corrected chi connectivity index (χ2v) is 13.5. The zero-order valence-electron chi connectivity index (χ0n) is 28.8. The summed E-state index contributed by atoms with van der Waals surface area (Å²) < 4.78 is 12.2. The summed E-state index contributed by atoms with van der Waals surface area (Å²) in [4.78, 5) is 26.5. The Morgan fingerprint density at radius 1 is 0.667 bits per heavy atom. The third kappa shape index (κ3) is 7.16. The van der Waals surface area contributed by atoms with Crippen molar-refractivity contribution in [1.29, 1.82) is 0 Å². The largest absolute Gasteiger partial charge is 0.487 e. The molecule has 4 rings (SSSR count). The zero-order chi connectivity index (χ0) is 33.1. The summed E-state index contributed by atoms with van der Waals surface area (Å²) >= 11 is 0. The van der Waals surface area contributed by atoms with Gasteiger partial charge in [-0.2, -0.15) is 0 Å². The second-order valence-electron chi connectivity index (χ2n) is 13.5. The molecular formula is C41H50O4. The van der Waals surface area contributed by atoms with Crippen LogP contribution in [0.2, 0.25) is 0 Å². The van der Waals surface area contributed by atoms with Gasteiger partial charge in [-0.05, 0) is 109 Å². The van der Waals surface area contributed by atoms with Crippen LogP contribution in [0.15, 0.2) is 72.8 Å². The van der Waals surface area contributed by atoms with Crippen molar-refractivity contribution in [1.82, 2.24) is 0 Å². The van der Waals surface area contributed by atoms with Crippen molar-refractivity contribution in [2.24, 2.45) is 11.3 Å². The van der Waals surface area contributed by atoms with E-state index in [1.165, 1.54) is 5.56 Å². The number of carbonyl (C=O) groups is 2. The molecule has 0 saturated heterocycles. The summed E-state index contributed by atoms with van der Waals surface area (Å²) in [6, 6.07) is 23.7. The van der Waals surface area contributed by atoms with E-state index in [4.69, 9.17) is 9.47 Å². The Bertz CT molecular complexity index is 1690. The lowest BCUT2D eigenvalue weighted by Crippen LogP contribution is -2.32. The van der Waals surface area contributed by atoms with E-state index in [0.29, 0.717) is 16.9 Å². The summed E-state index contributed by atoms with van der Waals surface area (Å²) in [5.41, 5.74) is 5.00. The minimum atomic E-state index is -0.410. The van der Waals surface area contributed by atoms with Gasteiger partial charge in [0.25, 0.3) is 0 Å². The maximum absolute atomic E-state index is 13.4. The Morgan fingerprint density at radius 2 is 1.18 bits per heavy atom. The summed E-state index contributed by atoms with van der Waals surface area (Å²) in [7, 11) is 0. The van der Waals surface area contributed by atoms with Crippen LogP contribution in [0.5, 0.6) is 11.5 Å². The molecule has 45 heavy (non-hydrogen) atoms. The number of aryl methyl sites for hydroxylation is 2. The maximum atomic E-state index is 13.4. The molecule has 4 aromatic rings. The highest BCUT2D eigenvalue weighted by Crippen LogP contribution is 2.36. The summed E-state index contributed by atoms with van der Waals surface area (Å²) in [6.07, 6.45) is 2.70. The smallest absolute Gasteiger partial charge is 0.343 e. The molecule has 0 aliphatic carbocycles. The van der Waals surface area contributed by atoms with Crippen LogP contribution >= 0.6 is 0 Å². The molecule has 0 aliphatic rings. The molecule has 238 valence electrons. The Balaban J connectivity index is 1.48. The van der Waals surface area contributed by atoms with Crippen LogP contribution in [0.1, 0.15) is 124 Å². The van der Waals surface area contributed by atoms with Crippen LogP contribution in [-0.4, -0.2) is 17.4 Å². The molecule has 0 N–H and O–H groups in total. The number of ether oxygens (including phenoxy) is 2. The molecule has 0 fully saturated rings. The summed E-state index contributed by atoms with van der Waals surface area (Å²) in [5, 5.41) is 1.82. The molecule has 0 aliphatic heterocycles. The molecular weight excluding hydrogens is 556 g/mol. The molecule has 4 aromatic carbocycles. The first-order valence-corrected chi connectivity index (χ1v) is 16.5. The predicted molar refractivity (Wildman–Crippen MR) is 186 cm³/mol. The maximum Gasteiger partial charge on any atom is 0.343 e. The first kappa shape index (κ1) is 34.0. The lowest BCUT2D eigenvalue weighted by atomic mass is 9.71. The van der Waals surface area contributed by atoms with E-state index >= 15 is 0 Å². The van der Waals surface area contributed by atoms with Gasteiger partial charge in [0.15, 0.2) is 5.78 Å².